The van der Waals surface area contributed by atoms with Gasteiger partial charge in [0.1, 0.15) is 11.4 Å². The summed E-state index contributed by atoms with van der Waals surface area (Å²) in [7, 11) is 1.22. The van der Waals surface area contributed by atoms with Crippen molar-refractivity contribution in [3.63, 3.8) is 0 Å². The van der Waals surface area contributed by atoms with Crippen LogP contribution < -0.4 is 5.32 Å². The van der Waals surface area contributed by atoms with Gasteiger partial charge < -0.3 is 19.7 Å². The summed E-state index contributed by atoms with van der Waals surface area (Å²) < 4.78 is 9.56. The van der Waals surface area contributed by atoms with Crippen molar-refractivity contribution in [2.75, 3.05) is 12.4 Å². The van der Waals surface area contributed by atoms with E-state index < -0.39 is 23.8 Å². The van der Waals surface area contributed by atoms with Crippen LogP contribution in [0.2, 0.25) is 0 Å². The van der Waals surface area contributed by atoms with Crippen molar-refractivity contribution in [3.8, 4) is 5.75 Å². The average Bonchev–Trinajstić information content (AvgIpc) is 2.38. The van der Waals surface area contributed by atoms with Crippen molar-refractivity contribution >= 4 is 17.7 Å². The number of methoxy groups -OCH3 is 1. The van der Waals surface area contributed by atoms with Crippen molar-refractivity contribution in [3.05, 3.63) is 23.8 Å². The first-order valence-electron chi connectivity index (χ1n) is 6.70. The number of anilines is 1. The highest BCUT2D eigenvalue weighted by Gasteiger charge is 2.19. The summed E-state index contributed by atoms with van der Waals surface area (Å²) >= 11 is 0. The van der Waals surface area contributed by atoms with Gasteiger partial charge in [-0.25, -0.2) is 4.79 Å². The van der Waals surface area contributed by atoms with Gasteiger partial charge in [0.15, 0.2) is 0 Å². The lowest BCUT2D eigenvalue weighted by Crippen LogP contribution is -2.27. The van der Waals surface area contributed by atoms with Gasteiger partial charge in [0.25, 0.3) is 0 Å². The third-order valence-corrected chi connectivity index (χ3v) is 2.63. The summed E-state index contributed by atoms with van der Waals surface area (Å²) in [6, 6.07) is 4.12. The Balaban J connectivity index is 2.86. The Morgan fingerprint density at radius 3 is 2.50 bits per heavy atom. The van der Waals surface area contributed by atoms with Gasteiger partial charge in [0.2, 0.25) is 0 Å². The number of rotatable bonds is 4. The molecule has 0 aromatic heterocycles. The van der Waals surface area contributed by atoms with E-state index in [9.17, 15) is 19.8 Å². The van der Waals surface area contributed by atoms with Crippen molar-refractivity contribution in [1.29, 1.82) is 0 Å². The molecule has 0 aliphatic heterocycles. The van der Waals surface area contributed by atoms with E-state index in [0.29, 0.717) is 5.56 Å². The molecule has 1 rings (SSSR count). The van der Waals surface area contributed by atoms with E-state index in [1.165, 1.54) is 25.3 Å². The molecule has 0 radical (unpaired) electrons. The summed E-state index contributed by atoms with van der Waals surface area (Å²) in [5.41, 5.74) is -0.244. The fourth-order valence-corrected chi connectivity index (χ4v) is 1.63. The van der Waals surface area contributed by atoms with Crippen LogP contribution in [0.3, 0.4) is 0 Å². The number of phenolic OH excluding ortho intramolecular Hbond substituents is 1. The van der Waals surface area contributed by atoms with Crippen LogP contribution in [0.15, 0.2) is 18.2 Å². The molecule has 0 aliphatic rings. The normalized spacial score (nSPS) is 12.4. The lowest BCUT2D eigenvalue weighted by atomic mass is 10.1. The number of phenols is 1. The highest BCUT2D eigenvalue weighted by Crippen LogP contribution is 2.28. The zero-order valence-corrected chi connectivity index (χ0v) is 13.0. The van der Waals surface area contributed by atoms with Crippen LogP contribution in [0, 0.1) is 0 Å². The largest absolute Gasteiger partial charge is 0.506 e. The maximum atomic E-state index is 11.7. The van der Waals surface area contributed by atoms with Gasteiger partial charge in [0, 0.05) is 0 Å². The maximum absolute atomic E-state index is 11.7. The number of carbonyl (C=O) groups is 2. The van der Waals surface area contributed by atoms with Crippen LogP contribution in [0.4, 0.5) is 10.5 Å². The van der Waals surface area contributed by atoms with E-state index in [0.717, 1.165) is 0 Å². The number of hydrogen-bond donors (Lipinski definition) is 3. The first-order valence-corrected chi connectivity index (χ1v) is 6.70. The van der Waals surface area contributed by atoms with Gasteiger partial charge >= 0.3 is 12.1 Å². The Morgan fingerprint density at radius 2 is 1.95 bits per heavy atom. The third kappa shape index (κ3) is 5.61. The van der Waals surface area contributed by atoms with Crippen molar-refractivity contribution in [1.82, 2.24) is 0 Å². The molecule has 1 atom stereocenters. The molecule has 0 aliphatic carbocycles. The third-order valence-electron chi connectivity index (χ3n) is 2.63. The smallest absolute Gasteiger partial charge is 0.412 e. The number of ether oxygens (including phenoxy) is 2. The molecule has 0 heterocycles. The number of hydrogen-bond acceptors (Lipinski definition) is 6. The molecular weight excluding hydrogens is 290 g/mol. The van der Waals surface area contributed by atoms with Crippen LogP contribution in [0.1, 0.15) is 38.9 Å². The van der Waals surface area contributed by atoms with Crippen LogP contribution >= 0.6 is 0 Å². The van der Waals surface area contributed by atoms with E-state index in [2.05, 4.69) is 10.1 Å². The Hall–Kier alpha value is -2.28. The van der Waals surface area contributed by atoms with Gasteiger partial charge in [-0.2, -0.15) is 0 Å². The van der Waals surface area contributed by atoms with Crippen LogP contribution in [0.5, 0.6) is 5.75 Å². The zero-order valence-electron chi connectivity index (χ0n) is 13.0. The molecule has 0 fully saturated rings. The van der Waals surface area contributed by atoms with E-state index in [1.807, 2.05) is 0 Å². The first-order chi connectivity index (χ1) is 10.1. The number of aromatic hydroxyl groups is 1. The number of aliphatic hydroxyl groups is 1. The molecule has 22 heavy (non-hydrogen) atoms. The SMILES string of the molecule is COC(=O)CC(O)c1ccc(O)c(NC(=O)OC(C)(C)C)c1. The van der Waals surface area contributed by atoms with Crippen molar-refractivity contribution < 1.29 is 29.3 Å². The number of carbonyl (C=O) groups excluding carboxylic acids is 2. The quantitative estimate of drug-likeness (QED) is 0.582. The molecule has 0 bridgehead atoms. The lowest BCUT2D eigenvalue weighted by Gasteiger charge is -2.20. The molecule has 1 amide bonds. The zero-order chi connectivity index (χ0) is 16.9. The first kappa shape index (κ1) is 17.8. The minimum absolute atomic E-state index is 0.0793. The van der Waals surface area contributed by atoms with Crippen molar-refractivity contribution in [2.45, 2.75) is 38.9 Å². The Morgan fingerprint density at radius 1 is 1.32 bits per heavy atom. The number of benzene rings is 1. The topological polar surface area (TPSA) is 105 Å². The molecule has 1 aromatic rings. The minimum Gasteiger partial charge on any atom is -0.506 e. The number of nitrogens with one attached hydrogen (secondary N) is 1. The number of aliphatic hydroxyl groups excluding tert-OH is 1. The van der Waals surface area contributed by atoms with E-state index >= 15 is 0 Å². The molecule has 3 N–H and O–H groups in total. The fourth-order valence-electron chi connectivity index (χ4n) is 1.63. The van der Waals surface area contributed by atoms with Crippen LogP contribution in [0.25, 0.3) is 0 Å². The molecule has 0 spiro atoms. The average molecular weight is 311 g/mol. The second kappa shape index (κ2) is 7.13. The molecule has 122 valence electrons. The van der Waals surface area contributed by atoms with E-state index in [4.69, 9.17) is 4.74 Å². The van der Waals surface area contributed by atoms with E-state index in [1.54, 1.807) is 20.8 Å². The molecular formula is C15H21NO6. The Bertz CT molecular complexity index is 549. The number of amides is 1. The highest BCUT2D eigenvalue weighted by atomic mass is 16.6. The van der Waals surface area contributed by atoms with Gasteiger partial charge in [-0.05, 0) is 38.5 Å². The van der Waals surface area contributed by atoms with Crippen LogP contribution in [-0.4, -0.2) is 35.0 Å². The molecule has 0 saturated carbocycles. The minimum atomic E-state index is -1.10. The molecule has 1 unspecified atom stereocenters. The molecule has 7 nitrogen and oxygen atoms in total. The Labute approximate surface area is 128 Å². The second-order valence-corrected chi connectivity index (χ2v) is 5.70. The molecule has 1 aromatic carbocycles. The summed E-state index contributed by atoms with van der Waals surface area (Å²) in [6.45, 7) is 5.13. The highest BCUT2D eigenvalue weighted by molar-refractivity contribution is 5.87. The van der Waals surface area contributed by atoms with Gasteiger partial charge in [-0.15, -0.1) is 0 Å². The van der Waals surface area contributed by atoms with Gasteiger partial charge in [-0.3, -0.25) is 10.1 Å². The fraction of sp³-hybridized carbons (Fsp3) is 0.467. The second-order valence-electron chi connectivity index (χ2n) is 5.70. The summed E-state index contributed by atoms with van der Waals surface area (Å²) in [5.74, 6) is -0.748. The monoisotopic (exact) mass is 311 g/mol. The molecule has 7 heteroatoms. The summed E-state index contributed by atoms with van der Waals surface area (Å²) in [6.07, 6.45) is -2.07. The standard InChI is InChI=1S/C15H21NO6/c1-15(2,3)22-14(20)16-10-7-9(5-6-11(10)17)12(18)8-13(19)21-4/h5-7,12,17-18H,8H2,1-4H3,(H,16,20). The van der Waals surface area contributed by atoms with Gasteiger partial charge in [0.05, 0.1) is 25.3 Å². The number of esters is 1. The predicted molar refractivity (Wildman–Crippen MR) is 79.6 cm³/mol. The van der Waals surface area contributed by atoms with Gasteiger partial charge in [-0.1, -0.05) is 6.07 Å². The van der Waals surface area contributed by atoms with E-state index in [-0.39, 0.29) is 17.9 Å². The van der Waals surface area contributed by atoms with Crippen molar-refractivity contribution in [2.24, 2.45) is 0 Å². The lowest BCUT2D eigenvalue weighted by molar-refractivity contribution is -0.142. The summed E-state index contributed by atoms with van der Waals surface area (Å²) in [5, 5.41) is 22.1. The summed E-state index contributed by atoms with van der Waals surface area (Å²) in [4.78, 5) is 22.9. The maximum Gasteiger partial charge on any atom is 0.412 e. The predicted octanol–water partition coefficient (Wildman–Crippen LogP) is 2.34. The molecule has 0 saturated heterocycles. The van der Waals surface area contributed by atoms with Crippen LogP contribution in [-0.2, 0) is 14.3 Å². The Kier molecular flexibility index (Phi) is 5.76.